The van der Waals surface area contributed by atoms with E-state index in [2.05, 4.69) is 5.32 Å². The molecule has 0 aliphatic heterocycles. The molecule has 0 saturated heterocycles. The number of aliphatic carboxylic acids is 1. The van der Waals surface area contributed by atoms with Crippen molar-refractivity contribution >= 4 is 11.9 Å². The highest BCUT2D eigenvalue weighted by molar-refractivity contribution is 5.79. The van der Waals surface area contributed by atoms with Gasteiger partial charge in [-0.25, -0.2) is 0 Å². The van der Waals surface area contributed by atoms with Gasteiger partial charge in [-0.05, 0) is 38.5 Å². The zero-order valence-electron chi connectivity index (χ0n) is 11.7. The van der Waals surface area contributed by atoms with Crippen molar-refractivity contribution in [3.8, 4) is 0 Å². The van der Waals surface area contributed by atoms with Crippen LogP contribution < -0.4 is 5.32 Å². The Morgan fingerprint density at radius 2 is 1.71 bits per heavy atom. The van der Waals surface area contributed by atoms with Gasteiger partial charge in [0.15, 0.2) is 0 Å². The molecule has 0 aromatic heterocycles. The molecular weight excluding hydrogens is 287 g/mol. The quantitative estimate of drug-likeness (QED) is 0.842. The van der Waals surface area contributed by atoms with Crippen molar-refractivity contribution in [3.63, 3.8) is 0 Å². The highest BCUT2D eigenvalue weighted by Crippen LogP contribution is 2.40. The molecule has 0 aromatic rings. The summed E-state index contributed by atoms with van der Waals surface area (Å²) in [5, 5.41) is 11.6. The number of hydrogen-bond acceptors (Lipinski definition) is 2. The van der Waals surface area contributed by atoms with Gasteiger partial charge in [0.1, 0.15) is 0 Å². The van der Waals surface area contributed by atoms with Crippen LogP contribution >= 0.6 is 0 Å². The standard InChI is InChI=1S/C14H20F3NO3/c15-14(16,17)10-3-1-2-8(6-10)12(19)18-11-5-4-9(7-11)13(20)21/h8-11H,1-7H2,(H,18,19)(H,20,21). The van der Waals surface area contributed by atoms with E-state index in [4.69, 9.17) is 5.11 Å². The number of amides is 1. The van der Waals surface area contributed by atoms with Gasteiger partial charge < -0.3 is 10.4 Å². The van der Waals surface area contributed by atoms with Crippen molar-refractivity contribution in [2.45, 2.75) is 57.2 Å². The molecule has 2 aliphatic carbocycles. The minimum atomic E-state index is -4.24. The molecule has 4 atom stereocenters. The Labute approximate surface area is 121 Å². The summed E-state index contributed by atoms with van der Waals surface area (Å²) >= 11 is 0. The fourth-order valence-corrected chi connectivity index (χ4v) is 3.38. The second-order valence-electron chi connectivity index (χ2n) is 6.16. The van der Waals surface area contributed by atoms with Crippen LogP contribution in [-0.2, 0) is 9.59 Å². The number of nitrogens with one attached hydrogen (secondary N) is 1. The minimum absolute atomic E-state index is 0.0950. The van der Waals surface area contributed by atoms with E-state index < -0.39 is 29.9 Å². The van der Waals surface area contributed by atoms with E-state index >= 15 is 0 Å². The molecule has 7 heteroatoms. The predicted octanol–water partition coefficient (Wildman–Crippen LogP) is 2.72. The lowest BCUT2D eigenvalue weighted by molar-refractivity contribution is -0.186. The molecule has 0 bridgehead atoms. The normalized spacial score (nSPS) is 33.7. The van der Waals surface area contributed by atoms with Gasteiger partial charge in [0.25, 0.3) is 0 Å². The van der Waals surface area contributed by atoms with Crippen molar-refractivity contribution in [1.82, 2.24) is 5.32 Å². The average molecular weight is 307 g/mol. The van der Waals surface area contributed by atoms with E-state index in [1.165, 1.54) is 0 Å². The number of carbonyl (C=O) groups excluding carboxylic acids is 1. The number of carbonyl (C=O) groups is 2. The molecule has 2 fully saturated rings. The van der Waals surface area contributed by atoms with Crippen LogP contribution in [0.5, 0.6) is 0 Å². The van der Waals surface area contributed by atoms with Crippen LogP contribution in [0.15, 0.2) is 0 Å². The summed E-state index contributed by atoms with van der Waals surface area (Å²) in [5.74, 6) is -3.67. The third-order valence-corrected chi connectivity index (χ3v) is 4.64. The first-order valence-corrected chi connectivity index (χ1v) is 7.37. The number of rotatable bonds is 3. The second kappa shape index (κ2) is 6.23. The van der Waals surface area contributed by atoms with Gasteiger partial charge in [0, 0.05) is 12.0 Å². The largest absolute Gasteiger partial charge is 0.481 e. The topological polar surface area (TPSA) is 66.4 Å². The summed E-state index contributed by atoms with van der Waals surface area (Å²) < 4.78 is 38.2. The molecule has 0 heterocycles. The first-order valence-electron chi connectivity index (χ1n) is 7.37. The maximum atomic E-state index is 12.7. The molecule has 2 saturated carbocycles. The number of hydrogen-bond donors (Lipinski definition) is 2. The number of carboxylic acid groups (broad SMARTS) is 1. The van der Waals surface area contributed by atoms with Crippen LogP contribution in [0.1, 0.15) is 44.9 Å². The molecule has 1 amide bonds. The number of halogens is 3. The fourth-order valence-electron chi connectivity index (χ4n) is 3.38. The summed E-state index contributed by atoms with van der Waals surface area (Å²) in [6.07, 6.45) is -1.94. The van der Waals surface area contributed by atoms with Crippen LogP contribution in [0.4, 0.5) is 13.2 Å². The maximum absolute atomic E-state index is 12.7. The lowest BCUT2D eigenvalue weighted by Crippen LogP contribution is -2.41. The zero-order valence-corrected chi connectivity index (χ0v) is 11.7. The van der Waals surface area contributed by atoms with E-state index in [1.807, 2.05) is 0 Å². The van der Waals surface area contributed by atoms with Gasteiger partial charge in [-0.3, -0.25) is 9.59 Å². The zero-order chi connectivity index (χ0) is 15.6. The third-order valence-electron chi connectivity index (χ3n) is 4.64. The highest BCUT2D eigenvalue weighted by atomic mass is 19.4. The highest BCUT2D eigenvalue weighted by Gasteiger charge is 2.44. The lowest BCUT2D eigenvalue weighted by atomic mass is 9.80. The summed E-state index contributed by atoms with van der Waals surface area (Å²) in [7, 11) is 0. The Balaban J connectivity index is 1.85. The van der Waals surface area contributed by atoms with E-state index in [-0.39, 0.29) is 24.8 Å². The van der Waals surface area contributed by atoms with Gasteiger partial charge in [-0.1, -0.05) is 6.42 Å². The molecule has 4 unspecified atom stereocenters. The number of carboxylic acids is 1. The molecule has 2 rings (SSSR count). The molecule has 0 spiro atoms. The maximum Gasteiger partial charge on any atom is 0.391 e. The first kappa shape index (κ1) is 16.1. The molecule has 2 aliphatic rings. The first-order chi connectivity index (χ1) is 9.77. The van der Waals surface area contributed by atoms with Crippen LogP contribution in [0.3, 0.4) is 0 Å². The van der Waals surface area contributed by atoms with E-state index in [0.29, 0.717) is 32.1 Å². The SMILES string of the molecule is O=C(O)C1CCC(NC(=O)C2CCCC(C(F)(F)F)C2)C1. The van der Waals surface area contributed by atoms with Gasteiger partial charge in [-0.2, -0.15) is 13.2 Å². The van der Waals surface area contributed by atoms with Crippen LogP contribution in [0, 0.1) is 17.8 Å². The average Bonchev–Trinajstić information content (AvgIpc) is 2.86. The molecule has 0 radical (unpaired) electrons. The Kier molecular flexibility index (Phi) is 4.78. The Bertz CT molecular complexity index is 411. The number of alkyl halides is 3. The third kappa shape index (κ3) is 4.11. The predicted molar refractivity (Wildman–Crippen MR) is 68.4 cm³/mol. The van der Waals surface area contributed by atoms with E-state index in [0.717, 1.165) is 0 Å². The summed E-state index contributed by atoms with van der Waals surface area (Å²) in [5.41, 5.74) is 0. The Hall–Kier alpha value is -1.27. The van der Waals surface area contributed by atoms with Gasteiger partial charge in [0.05, 0.1) is 11.8 Å². The molecule has 4 nitrogen and oxygen atoms in total. The fraction of sp³-hybridized carbons (Fsp3) is 0.857. The van der Waals surface area contributed by atoms with Gasteiger partial charge in [-0.15, -0.1) is 0 Å². The molecule has 2 N–H and O–H groups in total. The molecule has 21 heavy (non-hydrogen) atoms. The van der Waals surface area contributed by atoms with Crippen LogP contribution in [0.2, 0.25) is 0 Å². The van der Waals surface area contributed by atoms with Crippen molar-refractivity contribution in [2.24, 2.45) is 17.8 Å². The Morgan fingerprint density at radius 1 is 1.00 bits per heavy atom. The van der Waals surface area contributed by atoms with E-state index in [9.17, 15) is 22.8 Å². The molecule has 0 aromatic carbocycles. The summed E-state index contributed by atoms with van der Waals surface area (Å²) in [4.78, 5) is 22.9. The van der Waals surface area contributed by atoms with Crippen molar-refractivity contribution in [3.05, 3.63) is 0 Å². The van der Waals surface area contributed by atoms with Gasteiger partial charge in [0.2, 0.25) is 5.91 Å². The minimum Gasteiger partial charge on any atom is -0.481 e. The second-order valence-corrected chi connectivity index (χ2v) is 6.16. The molecule has 120 valence electrons. The van der Waals surface area contributed by atoms with Crippen LogP contribution in [0.25, 0.3) is 0 Å². The summed E-state index contributed by atoms with van der Waals surface area (Å²) in [6, 6.07) is -0.218. The van der Waals surface area contributed by atoms with Crippen LogP contribution in [-0.4, -0.2) is 29.2 Å². The monoisotopic (exact) mass is 307 g/mol. The van der Waals surface area contributed by atoms with E-state index in [1.54, 1.807) is 0 Å². The smallest absolute Gasteiger partial charge is 0.391 e. The van der Waals surface area contributed by atoms with Crippen molar-refractivity contribution < 1.29 is 27.9 Å². The summed E-state index contributed by atoms with van der Waals surface area (Å²) in [6.45, 7) is 0. The Morgan fingerprint density at radius 3 is 2.29 bits per heavy atom. The molecular formula is C14H20F3NO3. The van der Waals surface area contributed by atoms with Crippen molar-refractivity contribution in [1.29, 1.82) is 0 Å². The van der Waals surface area contributed by atoms with Gasteiger partial charge >= 0.3 is 12.1 Å². The van der Waals surface area contributed by atoms with Crippen molar-refractivity contribution in [2.75, 3.05) is 0 Å². The lowest BCUT2D eigenvalue weighted by Gasteiger charge is -2.30.